The fraction of sp³-hybridized carbons (Fsp3) is 0.280. The third-order valence-electron chi connectivity index (χ3n) is 5.88. The van der Waals surface area contributed by atoms with Crippen LogP contribution >= 0.6 is 0 Å². The number of piperidine rings is 1. The summed E-state index contributed by atoms with van der Waals surface area (Å²) >= 11 is 0. The summed E-state index contributed by atoms with van der Waals surface area (Å²) in [6.07, 6.45) is 1.52. The molecule has 2 aromatic carbocycles. The first kappa shape index (κ1) is 20.8. The highest BCUT2D eigenvalue weighted by Crippen LogP contribution is 2.26. The van der Waals surface area contributed by atoms with E-state index >= 15 is 0 Å². The standard InChI is InChI=1S/C25H26FN3O2/c1-17-15-21(18(2)29(17)23-13-7-6-12-22(23)26)25(31)28-14-8-9-19(16-28)24(30)27-20-10-4-3-5-11-20/h3-7,10-13,15,19H,8-9,14,16H2,1-2H3,(H,27,30). The first-order valence-corrected chi connectivity index (χ1v) is 10.5. The Morgan fingerprint density at radius 2 is 1.74 bits per heavy atom. The van der Waals surface area contributed by atoms with Crippen LogP contribution in [0.4, 0.5) is 10.1 Å². The van der Waals surface area contributed by atoms with Crippen LogP contribution < -0.4 is 5.32 Å². The average molecular weight is 420 g/mol. The highest BCUT2D eigenvalue weighted by Gasteiger charge is 2.30. The molecule has 31 heavy (non-hydrogen) atoms. The van der Waals surface area contributed by atoms with Gasteiger partial charge >= 0.3 is 0 Å². The Labute approximate surface area is 181 Å². The maximum Gasteiger partial charge on any atom is 0.255 e. The monoisotopic (exact) mass is 419 g/mol. The van der Waals surface area contributed by atoms with Gasteiger partial charge in [0.25, 0.3) is 5.91 Å². The molecule has 0 bridgehead atoms. The van der Waals surface area contributed by atoms with Gasteiger partial charge in [0.1, 0.15) is 5.82 Å². The number of benzene rings is 2. The molecule has 1 aliphatic heterocycles. The summed E-state index contributed by atoms with van der Waals surface area (Å²) in [5, 5.41) is 2.94. The van der Waals surface area contributed by atoms with Gasteiger partial charge in [-0.3, -0.25) is 9.59 Å². The number of halogens is 1. The second-order valence-corrected chi connectivity index (χ2v) is 8.02. The van der Waals surface area contributed by atoms with E-state index in [-0.39, 0.29) is 23.5 Å². The molecule has 2 amide bonds. The van der Waals surface area contributed by atoms with E-state index < -0.39 is 0 Å². The normalized spacial score (nSPS) is 16.2. The lowest BCUT2D eigenvalue weighted by atomic mass is 9.96. The number of likely N-dealkylation sites (tertiary alicyclic amines) is 1. The van der Waals surface area contributed by atoms with Crippen molar-refractivity contribution < 1.29 is 14.0 Å². The van der Waals surface area contributed by atoms with Crippen molar-refractivity contribution in [1.82, 2.24) is 9.47 Å². The van der Waals surface area contributed by atoms with Crippen molar-refractivity contribution in [2.75, 3.05) is 18.4 Å². The van der Waals surface area contributed by atoms with Crippen LogP contribution in [-0.4, -0.2) is 34.4 Å². The molecule has 1 fully saturated rings. The van der Waals surface area contributed by atoms with Crippen LogP contribution in [0.5, 0.6) is 0 Å². The molecule has 160 valence electrons. The van der Waals surface area contributed by atoms with E-state index in [1.807, 2.05) is 44.2 Å². The molecule has 1 aliphatic rings. The van der Waals surface area contributed by atoms with Gasteiger partial charge in [0, 0.05) is 30.2 Å². The van der Waals surface area contributed by atoms with Crippen molar-refractivity contribution in [2.24, 2.45) is 5.92 Å². The summed E-state index contributed by atoms with van der Waals surface area (Å²) in [5.74, 6) is -0.777. The fourth-order valence-electron chi connectivity index (χ4n) is 4.29. The smallest absolute Gasteiger partial charge is 0.255 e. The summed E-state index contributed by atoms with van der Waals surface area (Å²) in [4.78, 5) is 27.8. The number of anilines is 1. The maximum absolute atomic E-state index is 14.4. The van der Waals surface area contributed by atoms with Crippen molar-refractivity contribution >= 4 is 17.5 Å². The number of para-hydroxylation sites is 2. The second kappa shape index (κ2) is 8.76. The summed E-state index contributed by atoms with van der Waals surface area (Å²) in [7, 11) is 0. The number of carbonyl (C=O) groups is 2. The highest BCUT2D eigenvalue weighted by atomic mass is 19.1. The molecule has 5 nitrogen and oxygen atoms in total. The van der Waals surface area contributed by atoms with E-state index in [1.54, 1.807) is 33.7 Å². The van der Waals surface area contributed by atoms with Crippen molar-refractivity contribution in [1.29, 1.82) is 0 Å². The van der Waals surface area contributed by atoms with Gasteiger partial charge < -0.3 is 14.8 Å². The number of hydrogen-bond acceptors (Lipinski definition) is 2. The quantitative estimate of drug-likeness (QED) is 0.665. The van der Waals surface area contributed by atoms with E-state index in [4.69, 9.17) is 0 Å². The molecule has 0 spiro atoms. The molecule has 0 radical (unpaired) electrons. The van der Waals surface area contributed by atoms with Gasteiger partial charge in [-0.05, 0) is 57.0 Å². The number of nitrogens with one attached hydrogen (secondary N) is 1. The first-order chi connectivity index (χ1) is 15.0. The highest BCUT2D eigenvalue weighted by molar-refractivity contribution is 5.97. The molecule has 0 saturated carbocycles. The Balaban J connectivity index is 1.53. The number of rotatable bonds is 4. The van der Waals surface area contributed by atoms with Crippen LogP contribution in [0.15, 0.2) is 60.7 Å². The predicted octanol–water partition coefficient (Wildman–Crippen LogP) is 4.72. The van der Waals surface area contributed by atoms with Gasteiger partial charge in [-0.2, -0.15) is 0 Å². The molecule has 4 rings (SSSR count). The Kier molecular flexibility index (Phi) is 5.89. The fourth-order valence-corrected chi connectivity index (χ4v) is 4.29. The van der Waals surface area contributed by atoms with Gasteiger partial charge in [0.05, 0.1) is 17.2 Å². The molecule has 1 aromatic heterocycles. The summed E-state index contributed by atoms with van der Waals surface area (Å²) in [6.45, 7) is 4.68. The lowest BCUT2D eigenvalue weighted by molar-refractivity contribution is -0.121. The van der Waals surface area contributed by atoms with Crippen LogP contribution in [-0.2, 0) is 4.79 Å². The van der Waals surface area contributed by atoms with Crippen molar-refractivity contribution in [3.63, 3.8) is 0 Å². The molecular weight excluding hydrogens is 393 g/mol. The third kappa shape index (κ3) is 4.24. The minimum Gasteiger partial charge on any atom is -0.338 e. The van der Waals surface area contributed by atoms with Crippen LogP contribution in [0.3, 0.4) is 0 Å². The molecular formula is C25H26FN3O2. The average Bonchev–Trinajstić information content (AvgIpc) is 3.08. The molecule has 1 atom stereocenters. The summed E-state index contributed by atoms with van der Waals surface area (Å²) < 4.78 is 16.1. The number of aryl methyl sites for hydroxylation is 1. The Morgan fingerprint density at radius 1 is 1.03 bits per heavy atom. The Hall–Kier alpha value is -3.41. The number of hydrogen-bond donors (Lipinski definition) is 1. The molecule has 0 aliphatic carbocycles. The number of amides is 2. The number of carbonyl (C=O) groups excluding carboxylic acids is 2. The van der Waals surface area contributed by atoms with Gasteiger partial charge in [0.2, 0.25) is 5.91 Å². The molecule has 1 N–H and O–H groups in total. The van der Waals surface area contributed by atoms with Crippen LogP contribution in [0.2, 0.25) is 0 Å². The van der Waals surface area contributed by atoms with Gasteiger partial charge in [-0.15, -0.1) is 0 Å². The van der Waals surface area contributed by atoms with Crippen LogP contribution in [0, 0.1) is 25.6 Å². The van der Waals surface area contributed by atoms with Crippen LogP contribution in [0.1, 0.15) is 34.6 Å². The van der Waals surface area contributed by atoms with E-state index in [2.05, 4.69) is 5.32 Å². The van der Waals surface area contributed by atoms with Gasteiger partial charge in [-0.1, -0.05) is 30.3 Å². The summed E-state index contributed by atoms with van der Waals surface area (Å²) in [6, 6.07) is 17.7. The molecule has 3 aromatic rings. The maximum atomic E-state index is 14.4. The molecule has 1 unspecified atom stereocenters. The Bertz CT molecular complexity index is 1110. The largest absolute Gasteiger partial charge is 0.338 e. The van der Waals surface area contributed by atoms with Crippen molar-refractivity contribution in [3.05, 3.63) is 83.4 Å². The van der Waals surface area contributed by atoms with E-state index in [1.165, 1.54) is 6.07 Å². The van der Waals surface area contributed by atoms with Gasteiger partial charge in [-0.25, -0.2) is 4.39 Å². The van der Waals surface area contributed by atoms with Crippen molar-refractivity contribution in [3.8, 4) is 5.69 Å². The molecule has 2 heterocycles. The minimum absolute atomic E-state index is 0.0690. The van der Waals surface area contributed by atoms with E-state index in [0.717, 1.165) is 24.2 Å². The minimum atomic E-state index is -0.334. The second-order valence-electron chi connectivity index (χ2n) is 8.02. The van der Waals surface area contributed by atoms with Crippen molar-refractivity contribution in [2.45, 2.75) is 26.7 Å². The predicted molar refractivity (Wildman–Crippen MR) is 119 cm³/mol. The first-order valence-electron chi connectivity index (χ1n) is 10.5. The van der Waals surface area contributed by atoms with Crippen LogP contribution in [0.25, 0.3) is 5.69 Å². The molecule has 1 saturated heterocycles. The zero-order valence-electron chi connectivity index (χ0n) is 17.8. The SMILES string of the molecule is Cc1cc(C(=O)N2CCCC(C(=O)Nc3ccccc3)C2)c(C)n1-c1ccccc1F. The Morgan fingerprint density at radius 3 is 2.48 bits per heavy atom. The molecule has 6 heteroatoms. The van der Waals surface area contributed by atoms with E-state index in [9.17, 15) is 14.0 Å². The van der Waals surface area contributed by atoms with Gasteiger partial charge in [0.15, 0.2) is 0 Å². The lowest BCUT2D eigenvalue weighted by Gasteiger charge is -2.32. The topological polar surface area (TPSA) is 54.3 Å². The zero-order chi connectivity index (χ0) is 22.0. The third-order valence-corrected chi connectivity index (χ3v) is 5.88. The summed E-state index contributed by atoms with van der Waals surface area (Å²) in [5.41, 5.74) is 3.22. The van der Waals surface area contributed by atoms with E-state index in [0.29, 0.717) is 30.0 Å². The number of nitrogens with zero attached hydrogens (tertiary/aromatic N) is 2. The number of aromatic nitrogens is 1. The lowest BCUT2D eigenvalue weighted by Crippen LogP contribution is -2.43. The zero-order valence-corrected chi connectivity index (χ0v) is 17.8.